The van der Waals surface area contributed by atoms with Gasteiger partial charge in [-0.3, -0.25) is 4.98 Å². The van der Waals surface area contributed by atoms with Crippen LogP contribution >= 0.6 is 0 Å². The molecular weight excluding hydrogens is 236 g/mol. The molecule has 0 radical (unpaired) electrons. The highest BCUT2D eigenvalue weighted by molar-refractivity contribution is 5.45. The number of rotatable bonds is 3. The number of benzene rings is 1. The summed E-state index contributed by atoms with van der Waals surface area (Å²) in [5.74, 6) is 1.53. The van der Waals surface area contributed by atoms with E-state index in [-0.39, 0.29) is 0 Å². The number of hydrogen-bond donors (Lipinski definition) is 1. The van der Waals surface area contributed by atoms with Gasteiger partial charge in [-0.1, -0.05) is 30.3 Å². The molecule has 1 aromatic heterocycles. The second-order valence-corrected chi connectivity index (χ2v) is 4.87. The summed E-state index contributed by atoms with van der Waals surface area (Å²) in [6.45, 7) is 2.45. The molecule has 0 bridgehead atoms. The molecule has 1 unspecified atom stereocenters. The van der Waals surface area contributed by atoms with Crippen molar-refractivity contribution in [2.24, 2.45) is 5.73 Å². The van der Waals surface area contributed by atoms with Gasteiger partial charge >= 0.3 is 0 Å². The maximum Gasteiger partial charge on any atom is 0.151 e. The van der Waals surface area contributed by atoms with Crippen molar-refractivity contribution < 1.29 is 0 Å². The van der Waals surface area contributed by atoms with Gasteiger partial charge in [-0.2, -0.15) is 0 Å². The number of nitrogens with zero attached hydrogens (tertiary/aromatic N) is 3. The molecule has 1 atom stereocenters. The summed E-state index contributed by atoms with van der Waals surface area (Å²) in [4.78, 5) is 11.1. The average Bonchev–Trinajstić information content (AvgIpc) is 2.98. The Labute approximate surface area is 113 Å². The van der Waals surface area contributed by atoms with Gasteiger partial charge in [0.05, 0.1) is 5.69 Å². The van der Waals surface area contributed by atoms with Crippen molar-refractivity contribution >= 4 is 5.82 Å². The third-order valence-electron chi connectivity index (χ3n) is 3.70. The van der Waals surface area contributed by atoms with E-state index in [9.17, 15) is 0 Å². The Morgan fingerprint density at radius 2 is 1.95 bits per heavy atom. The van der Waals surface area contributed by atoms with Crippen molar-refractivity contribution in [3.63, 3.8) is 0 Å². The zero-order valence-electron chi connectivity index (χ0n) is 10.9. The highest BCUT2D eigenvalue weighted by atomic mass is 15.2. The van der Waals surface area contributed by atoms with Crippen LogP contribution in [0, 0.1) is 0 Å². The van der Waals surface area contributed by atoms with Gasteiger partial charge in [0.2, 0.25) is 0 Å². The van der Waals surface area contributed by atoms with E-state index in [1.165, 1.54) is 5.56 Å². The Morgan fingerprint density at radius 3 is 2.74 bits per heavy atom. The predicted molar refractivity (Wildman–Crippen MR) is 75.9 cm³/mol. The lowest BCUT2D eigenvalue weighted by atomic mass is 9.99. The molecule has 1 saturated heterocycles. The van der Waals surface area contributed by atoms with Gasteiger partial charge in [0, 0.05) is 37.9 Å². The molecule has 1 aromatic carbocycles. The smallest absolute Gasteiger partial charge is 0.151 e. The van der Waals surface area contributed by atoms with Crippen molar-refractivity contribution in [3.8, 4) is 0 Å². The van der Waals surface area contributed by atoms with Gasteiger partial charge in [-0.05, 0) is 12.0 Å². The summed E-state index contributed by atoms with van der Waals surface area (Å²) in [5.41, 5.74) is 8.03. The molecule has 0 amide bonds. The quantitative estimate of drug-likeness (QED) is 0.909. The van der Waals surface area contributed by atoms with Crippen LogP contribution in [0.4, 0.5) is 5.82 Å². The fourth-order valence-electron chi connectivity index (χ4n) is 2.72. The number of aromatic nitrogens is 2. The number of hydrogen-bond acceptors (Lipinski definition) is 4. The molecule has 19 heavy (non-hydrogen) atoms. The zero-order chi connectivity index (χ0) is 13.1. The van der Waals surface area contributed by atoms with E-state index < -0.39 is 0 Å². The Hall–Kier alpha value is -1.94. The van der Waals surface area contributed by atoms with Gasteiger partial charge < -0.3 is 10.6 Å². The first-order chi connectivity index (χ1) is 9.38. The van der Waals surface area contributed by atoms with Crippen LogP contribution in [0.2, 0.25) is 0 Å². The third-order valence-corrected chi connectivity index (χ3v) is 3.70. The zero-order valence-corrected chi connectivity index (χ0v) is 10.9. The summed E-state index contributed by atoms with van der Waals surface area (Å²) in [5, 5.41) is 0. The first kappa shape index (κ1) is 12.1. The van der Waals surface area contributed by atoms with Crippen LogP contribution in [0.3, 0.4) is 0 Å². The molecule has 2 N–H and O–H groups in total. The lowest BCUT2D eigenvalue weighted by Gasteiger charge is -2.19. The maximum absolute atomic E-state index is 5.73. The van der Waals surface area contributed by atoms with Crippen LogP contribution in [-0.2, 0) is 6.54 Å². The Morgan fingerprint density at radius 1 is 1.16 bits per heavy atom. The van der Waals surface area contributed by atoms with Crippen molar-refractivity contribution in [1.29, 1.82) is 0 Å². The van der Waals surface area contributed by atoms with E-state index in [0.717, 1.165) is 31.0 Å². The monoisotopic (exact) mass is 254 g/mol. The summed E-state index contributed by atoms with van der Waals surface area (Å²) >= 11 is 0. The third kappa shape index (κ3) is 2.44. The summed E-state index contributed by atoms with van der Waals surface area (Å²) in [6, 6.07) is 10.7. The van der Waals surface area contributed by atoms with Crippen molar-refractivity contribution in [1.82, 2.24) is 9.97 Å². The van der Waals surface area contributed by atoms with Crippen molar-refractivity contribution in [2.45, 2.75) is 18.9 Å². The Balaban J connectivity index is 1.79. The first-order valence-electron chi connectivity index (χ1n) is 6.68. The topological polar surface area (TPSA) is 55.0 Å². The summed E-state index contributed by atoms with van der Waals surface area (Å²) in [7, 11) is 0. The predicted octanol–water partition coefficient (Wildman–Crippen LogP) is 1.93. The highest BCUT2D eigenvalue weighted by Gasteiger charge is 2.26. The molecule has 98 valence electrons. The molecule has 4 nitrogen and oxygen atoms in total. The van der Waals surface area contributed by atoms with Gasteiger partial charge in [0.1, 0.15) is 0 Å². The molecule has 1 aliphatic heterocycles. The van der Waals surface area contributed by atoms with Crippen LogP contribution in [0.1, 0.15) is 23.6 Å². The van der Waals surface area contributed by atoms with Crippen molar-refractivity contribution in [2.75, 3.05) is 18.0 Å². The first-order valence-corrected chi connectivity index (χ1v) is 6.68. The Bertz CT molecular complexity index is 541. The minimum atomic E-state index is 0.440. The standard InChI is InChI=1S/C15H18N4/c16-10-14-15(18-8-7-17-14)19-9-6-13(11-19)12-4-2-1-3-5-12/h1-5,7-8,13H,6,9-11,16H2. The molecule has 0 spiro atoms. The molecule has 2 aromatic rings. The van der Waals surface area contributed by atoms with E-state index in [0.29, 0.717) is 12.5 Å². The highest BCUT2D eigenvalue weighted by Crippen LogP contribution is 2.30. The second kappa shape index (κ2) is 5.36. The van der Waals surface area contributed by atoms with Gasteiger partial charge in [-0.25, -0.2) is 4.98 Å². The molecule has 4 heteroatoms. The maximum atomic E-state index is 5.73. The number of nitrogens with two attached hydrogens (primary N) is 1. The largest absolute Gasteiger partial charge is 0.354 e. The van der Waals surface area contributed by atoms with Gasteiger partial charge in [0.25, 0.3) is 0 Å². The van der Waals surface area contributed by atoms with E-state index in [1.807, 2.05) is 0 Å². The molecule has 2 heterocycles. The Kier molecular flexibility index (Phi) is 3.42. The fraction of sp³-hybridized carbons (Fsp3) is 0.333. The fourth-order valence-corrected chi connectivity index (χ4v) is 2.72. The van der Waals surface area contributed by atoms with Gasteiger partial charge in [0.15, 0.2) is 5.82 Å². The lowest BCUT2D eigenvalue weighted by molar-refractivity contribution is 0.772. The van der Waals surface area contributed by atoms with Crippen LogP contribution in [0.15, 0.2) is 42.7 Å². The minimum absolute atomic E-state index is 0.440. The molecule has 1 fully saturated rings. The molecule has 0 aliphatic carbocycles. The van der Waals surface area contributed by atoms with Crippen molar-refractivity contribution in [3.05, 3.63) is 54.0 Å². The second-order valence-electron chi connectivity index (χ2n) is 4.87. The van der Waals surface area contributed by atoms with Crippen LogP contribution in [-0.4, -0.2) is 23.1 Å². The summed E-state index contributed by atoms with van der Waals surface area (Å²) in [6.07, 6.45) is 4.60. The molecule has 3 rings (SSSR count). The van der Waals surface area contributed by atoms with E-state index in [2.05, 4.69) is 45.2 Å². The van der Waals surface area contributed by atoms with Crippen LogP contribution in [0.5, 0.6) is 0 Å². The lowest BCUT2D eigenvalue weighted by Crippen LogP contribution is -2.23. The van der Waals surface area contributed by atoms with Gasteiger partial charge in [-0.15, -0.1) is 0 Å². The molecule has 1 aliphatic rings. The van der Waals surface area contributed by atoms with E-state index in [1.54, 1.807) is 12.4 Å². The minimum Gasteiger partial charge on any atom is -0.354 e. The van der Waals surface area contributed by atoms with Crippen LogP contribution < -0.4 is 10.6 Å². The average molecular weight is 254 g/mol. The van der Waals surface area contributed by atoms with E-state index >= 15 is 0 Å². The number of anilines is 1. The molecule has 0 saturated carbocycles. The van der Waals surface area contributed by atoms with E-state index in [4.69, 9.17) is 5.73 Å². The normalized spacial score (nSPS) is 18.8. The SMILES string of the molecule is NCc1nccnc1N1CCC(c2ccccc2)C1. The summed E-state index contributed by atoms with van der Waals surface area (Å²) < 4.78 is 0. The van der Waals surface area contributed by atoms with Crippen LogP contribution in [0.25, 0.3) is 0 Å². The molecular formula is C15H18N4.